The monoisotopic (exact) mass is 309 g/mol. The molecule has 0 amide bonds. The van der Waals surface area contributed by atoms with Crippen LogP contribution in [-0.4, -0.2) is 49.3 Å². The first kappa shape index (κ1) is 15.3. The molecule has 1 fully saturated rings. The van der Waals surface area contributed by atoms with Gasteiger partial charge >= 0.3 is 6.18 Å². The minimum atomic E-state index is -4.42. The molecule has 4 nitrogen and oxygen atoms in total. The molecule has 0 aromatic carbocycles. The summed E-state index contributed by atoms with van der Waals surface area (Å²) in [7, 11) is 0. The highest BCUT2D eigenvalue weighted by Gasteiger charge is 2.31. The highest BCUT2D eigenvalue weighted by Crippen LogP contribution is 2.31. The number of halogens is 4. The number of hydrogen-bond acceptors (Lipinski definition) is 4. The van der Waals surface area contributed by atoms with Crippen LogP contribution < -0.4 is 5.32 Å². The summed E-state index contributed by atoms with van der Waals surface area (Å²) in [5.74, 6) is 0.137. The molecule has 1 N–H and O–H groups in total. The van der Waals surface area contributed by atoms with Gasteiger partial charge in [0, 0.05) is 26.2 Å². The molecule has 1 aromatic heterocycles. The van der Waals surface area contributed by atoms with Crippen molar-refractivity contribution in [3.8, 4) is 0 Å². The smallest absolute Gasteiger partial charge is 0.379 e. The number of rotatable bonds is 4. The maximum atomic E-state index is 12.6. The molecule has 0 unspecified atom stereocenters. The molecular weight excluding hydrogens is 295 g/mol. The van der Waals surface area contributed by atoms with Crippen LogP contribution in [0.1, 0.15) is 5.56 Å². The fraction of sp³-hybridized carbons (Fsp3) is 0.583. The average molecular weight is 310 g/mol. The Balaban J connectivity index is 1.90. The van der Waals surface area contributed by atoms with Gasteiger partial charge in [-0.1, -0.05) is 11.6 Å². The lowest BCUT2D eigenvalue weighted by Crippen LogP contribution is -2.39. The third-order valence-electron chi connectivity index (χ3n) is 2.96. The number of hydrogen-bond donors (Lipinski definition) is 1. The zero-order valence-corrected chi connectivity index (χ0v) is 11.5. The zero-order chi connectivity index (χ0) is 14.6. The molecule has 0 spiro atoms. The summed E-state index contributed by atoms with van der Waals surface area (Å²) in [6.45, 7) is 4.27. The minimum Gasteiger partial charge on any atom is -0.379 e. The fourth-order valence-electron chi connectivity index (χ4n) is 1.92. The van der Waals surface area contributed by atoms with Crippen LogP contribution in [0.5, 0.6) is 0 Å². The van der Waals surface area contributed by atoms with Crippen LogP contribution >= 0.6 is 11.6 Å². The second kappa shape index (κ2) is 6.60. The highest BCUT2D eigenvalue weighted by molar-refractivity contribution is 6.29. The summed E-state index contributed by atoms with van der Waals surface area (Å²) in [6.07, 6.45) is -4.42. The van der Waals surface area contributed by atoms with E-state index in [2.05, 4.69) is 15.2 Å². The van der Waals surface area contributed by atoms with E-state index in [1.807, 2.05) is 0 Å². The molecule has 0 saturated carbocycles. The van der Waals surface area contributed by atoms with E-state index in [1.54, 1.807) is 0 Å². The van der Waals surface area contributed by atoms with Gasteiger partial charge in [-0.15, -0.1) is 0 Å². The van der Waals surface area contributed by atoms with E-state index in [1.165, 1.54) is 0 Å². The molecule has 2 heterocycles. The standard InChI is InChI=1S/C12H15ClF3N3O/c13-10-7-9(12(14,15)16)8-11(18-10)17-1-2-19-3-5-20-6-4-19/h7-8H,1-6H2,(H,17,18). The quantitative estimate of drug-likeness (QED) is 0.867. The van der Waals surface area contributed by atoms with E-state index >= 15 is 0 Å². The van der Waals surface area contributed by atoms with Gasteiger partial charge in [-0.05, 0) is 12.1 Å². The number of nitrogens with zero attached hydrogens (tertiary/aromatic N) is 2. The van der Waals surface area contributed by atoms with Crippen LogP contribution in [0.25, 0.3) is 0 Å². The highest BCUT2D eigenvalue weighted by atomic mass is 35.5. The lowest BCUT2D eigenvalue weighted by Gasteiger charge is -2.26. The van der Waals surface area contributed by atoms with Crippen LogP contribution in [-0.2, 0) is 10.9 Å². The van der Waals surface area contributed by atoms with Crippen molar-refractivity contribution in [3.05, 3.63) is 22.8 Å². The first-order valence-electron chi connectivity index (χ1n) is 6.24. The summed E-state index contributed by atoms with van der Waals surface area (Å²) in [6, 6.07) is 1.78. The molecule has 1 aliphatic rings. The fourth-order valence-corrected chi connectivity index (χ4v) is 2.13. The summed E-state index contributed by atoms with van der Waals surface area (Å²) < 4.78 is 43.1. The van der Waals surface area contributed by atoms with Gasteiger partial charge in [0.1, 0.15) is 11.0 Å². The SMILES string of the molecule is FC(F)(F)c1cc(Cl)nc(NCCN2CCOCC2)c1. The van der Waals surface area contributed by atoms with Crippen LogP contribution in [0.3, 0.4) is 0 Å². The van der Waals surface area contributed by atoms with Crippen molar-refractivity contribution in [2.24, 2.45) is 0 Å². The van der Waals surface area contributed by atoms with E-state index < -0.39 is 11.7 Å². The minimum absolute atomic E-state index is 0.137. The van der Waals surface area contributed by atoms with Crippen LogP contribution in [0.2, 0.25) is 5.15 Å². The predicted octanol–water partition coefficient (Wildman–Crippen LogP) is 2.50. The number of alkyl halides is 3. The molecule has 1 saturated heterocycles. The van der Waals surface area contributed by atoms with E-state index in [0.29, 0.717) is 19.8 Å². The third kappa shape index (κ3) is 4.50. The topological polar surface area (TPSA) is 37.4 Å². The maximum Gasteiger partial charge on any atom is 0.416 e. The first-order chi connectivity index (χ1) is 9.45. The Morgan fingerprint density at radius 3 is 2.65 bits per heavy atom. The van der Waals surface area contributed by atoms with E-state index in [4.69, 9.17) is 16.3 Å². The Morgan fingerprint density at radius 2 is 2.00 bits per heavy atom. The molecule has 0 radical (unpaired) electrons. The first-order valence-corrected chi connectivity index (χ1v) is 6.62. The van der Waals surface area contributed by atoms with Crippen LogP contribution in [0.15, 0.2) is 12.1 Å². The number of morpholine rings is 1. The van der Waals surface area contributed by atoms with Gasteiger partial charge in [0.15, 0.2) is 0 Å². The van der Waals surface area contributed by atoms with Gasteiger partial charge in [-0.3, -0.25) is 4.90 Å². The third-order valence-corrected chi connectivity index (χ3v) is 3.15. The molecule has 0 atom stereocenters. The van der Waals surface area contributed by atoms with Gasteiger partial charge in [0.25, 0.3) is 0 Å². The van der Waals surface area contributed by atoms with Crippen molar-refractivity contribution >= 4 is 17.4 Å². The number of ether oxygens (including phenoxy) is 1. The lowest BCUT2D eigenvalue weighted by atomic mass is 10.2. The Bertz CT molecular complexity index is 450. The molecule has 112 valence electrons. The summed E-state index contributed by atoms with van der Waals surface area (Å²) >= 11 is 5.61. The molecule has 1 aliphatic heterocycles. The molecule has 2 rings (SSSR count). The molecule has 0 bridgehead atoms. The average Bonchev–Trinajstić information content (AvgIpc) is 2.38. The van der Waals surface area contributed by atoms with Crippen LogP contribution in [0, 0.1) is 0 Å². The van der Waals surface area contributed by atoms with E-state index in [9.17, 15) is 13.2 Å². The van der Waals surface area contributed by atoms with Crippen molar-refractivity contribution in [3.63, 3.8) is 0 Å². The van der Waals surface area contributed by atoms with E-state index in [0.717, 1.165) is 31.8 Å². The van der Waals surface area contributed by atoms with Crippen molar-refractivity contribution in [2.45, 2.75) is 6.18 Å². The van der Waals surface area contributed by atoms with Crippen LogP contribution in [0.4, 0.5) is 19.0 Å². The van der Waals surface area contributed by atoms with Gasteiger partial charge in [0.2, 0.25) is 0 Å². The molecule has 20 heavy (non-hydrogen) atoms. The molecular formula is C12H15ClF3N3O. The zero-order valence-electron chi connectivity index (χ0n) is 10.7. The molecule has 8 heteroatoms. The van der Waals surface area contributed by atoms with Crippen molar-refractivity contribution in [2.75, 3.05) is 44.7 Å². The number of anilines is 1. The van der Waals surface area contributed by atoms with Gasteiger partial charge in [-0.25, -0.2) is 4.98 Å². The Labute approximate surface area is 119 Å². The summed E-state index contributed by atoms with van der Waals surface area (Å²) in [4.78, 5) is 6.01. The number of pyridine rings is 1. The Morgan fingerprint density at radius 1 is 1.30 bits per heavy atom. The van der Waals surface area contributed by atoms with Gasteiger partial charge in [0.05, 0.1) is 18.8 Å². The number of nitrogens with one attached hydrogen (secondary N) is 1. The van der Waals surface area contributed by atoms with Crippen molar-refractivity contribution < 1.29 is 17.9 Å². The molecule has 0 aliphatic carbocycles. The van der Waals surface area contributed by atoms with Gasteiger partial charge < -0.3 is 10.1 Å². The predicted molar refractivity (Wildman–Crippen MR) is 70.0 cm³/mol. The maximum absolute atomic E-state index is 12.6. The summed E-state index contributed by atoms with van der Waals surface area (Å²) in [5.41, 5.74) is -0.800. The van der Waals surface area contributed by atoms with E-state index in [-0.39, 0.29) is 11.0 Å². The largest absolute Gasteiger partial charge is 0.416 e. The Kier molecular flexibility index (Phi) is 5.06. The number of aromatic nitrogens is 1. The normalized spacial score (nSPS) is 17.2. The second-order valence-electron chi connectivity index (χ2n) is 4.44. The van der Waals surface area contributed by atoms with Gasteiger partial charge in [-0.2, -0.15) is 13.2 Å². The summed E-state index contributed by atoms with van der Waals surface area (Å²) in [5, 5.41) is 2.69. The second-order valence-corrected chi connectivity index (χ2v) is 4.83. The lowest BCUT2D eigenvalue weighted by molar-refractivity contribution is -0.137. The Hall–Kier alpha value is -1.05. The van der Waals surface area contributed by atoms with Crippen molar-refractivity contribution in [1.29, 1.82) is 0 Å². The molecule has 1 aromatic rings. The van der Waals surface area contributed by atoms with Crippen molar-refractivity contribution in [1.82, 2.24) is 9.88 Å².